The molecule has 0 aliphatic heterocycles. The van der Waals surface area contributed by atoms with Crippen LogP contribution in [0.3, 0.4) is 0 Å². The molecular weight excluding hydrogens is 164 g/mol. The van der Waals surface area contributed by atoms with Crippen LogP contribution in [0.2, 0.25) is 0 Å². The average molecular weight is 188 g/mol. The Kier molecular flexibility index (Phi) is 5.31. The third-order valence-corrected chi connectivity index (χ3v) is 3.73. The molecule has 0 N–H and O–H groups in total. The molecule has 0 aromatic heterocycles. The Bertz CT molecular complexity index is 118. The molecule has 0 heterocycles. The van der Waals surface area contributed by atoms with Crippen molar-refractivity contribution in [1.29, 1.82) is 0 Å². The third kappa shape index (κ3) is 3.84. The maximum Gasteiger partial charge on any atom is 0.00193 e. The first kappa shape index (κ1) is 12.3. The van der Waals surface area contributed by atoms with Gasteiger partial charge in [0.15, 0.2) is 0 Å². The molecular formula is C11H24S. The van der Waals surface area contributed by atoms with Crippen molar-refractivity contribution in [1.82, 2.24) is 0 Å². The van der Waals surface area contributed by atoms with Crippen molar-refractivity contribution in [2.24, 2.45) is 11.3 Å². The molecule has 1 heteroatoms. The van der Waals surface area contributed by atoms with Crippen LogP contribution in [0.4, 0.5) is 0 Å². The molecule has 0 fully saturated rings. The van der Waals surface area contributed by atoms with E-state index >= 15 is 0 Å². The molecule has 0 rings (SSSR count). The lowest BCUT2D eigenvalue weighted by molar-refractivity contribution is 0.204. The van der Waals surface area contributed by atoms with Crippen molar-refractivity contribution in [3.8, 4) is 0 Å². The fraction of sp³-hybridized carbons (Fsp3) is 1.00. The average Bonchev–Trinajstić information content (AvgIpc) is 2.02. The summed E-state index contributed by atoms with van der Waals surface area (Å²) in [7, 11) is 0. The number of rotatable bonds is 5. The summed E-state index contributed by atoms with van der Waals surface area (Å²) in [6, 6.07) is 0. The molecule has 0 amide bonds. The van der Waals surface area contributed by atoms with E-state index in [0.717, 1.165) is 5.92 Å². The van der Waals surface area contributed by atoms with E-state index in [9.17, 15) is 0 Å². The first-order valence-corrected chi connectivity index (χ1v) is 5.63. The van der Waals surface area contributed by atoms with Crippen LogP contribution in [0.15, 0.2) is 0 Å². The Morgan fingerprint density at radius 2 is 1.67 bits per heavy atom. The van der Waals surface area contributed by atoms with E-state index in [2.05, 4.69) is 47.2 Å². The molecule has 12 heavy (non-hydrogen) atoms. The van der Waals surface area contributed by atoms with Crippen molar-refractivity contribution in [2.75, 3.05) is 0 Å². The fourth-order valence-electron chi connectivity index (χ4n) is 1.51. The molecule has 0 aliphatic rings. The minimum absolute atomic E-state index is 0.456. The molecule has 0 nitrogen and oxygen atoms in total. The van der Waals surface area contributed by atoms with E-state index in [0.29, 0.717) is 10.7 Å². The SMILES string of the molecule is CCC(S)CC(C)(C)C(C)CC. The topological polar surface area (TPSA) is 0 Å². The summed E-state index contributed by atoms with van der Waals surface area (Å²) in [4.78, 5) is 0. The van der Waals surface area contributed by atoms with Gasteiger partial charge in [0.25, 0.3) is 0 Å². The predicted octanol–water partition coefficient (Wildman–Crippen LogP) is 4.16. The highest BCUT2D eigenvalue weighted by molar-refractivity contribution is 7.80. The Hall–Kier alpha value is 0.350. The van der Waals surface area contributed by atoms with Gasteiger partial charge in [-0.1, -0.05) is 41.0 Å². The molecule has 2 atom stereocenters. The Balaban J connectivity index is 4.02. The highest BCUT2D eigenvalue weighted by Crippen LogP contribution is 2.35. The third-order valence-electron chi connectivity index (χ3n) is 3.18. The van der Waals surface area contributed by atoms with Gasteiger partial charge in [-0.3, -0.25) is 0 Å². The maximum absolute atomic E-state index is 4.56. The van der Waals surface area contributed by atoms with Crippen molar-refractivity contribution in [3.05, 3.63) is 0 Å². The van der Waals surface area contributed by atoms with Crippen LogP contribution in [-0.4, -0.2) is 5.25 Å². The molecule has 2 unspecified atom stereocenters. The van der Waals surface area contributed by atoms with Gasteiger partial charge in [-0.25, -0.2) is 0 Å². The van der Waals surface area contributed by atoms with Crippen LogP contribution in [0.25, 0.3) is 0 Å². The highest BCUT2D eigenvalue weighted by atomic mass is 32.1. The van der Waals surface area contributed by atoms with Crippen LogP contribution in [-0.2, 0) is 0 Å². The molecule has 0 saturated heterocycles. The number of hydrogen-bond donors (Lipinski definition) is 1. The summed E-state index contributed by atoms with van der Waals surface area (Å²) in [5.74, 6) is 0.804. The summed E-state index contributed by atoms with van der Waals surface area (Å²) in [5.41, 5.74) is 0.456. The van der Waals surface area contributed by atoms with E-state index in [-0.39, 0.29) is 0 Å². The molecule has 0 saturated carbocycles. The quantitative estimate of drug-likeness (QED) is 0.615. The molecule has 74 valence electrons. The predicted molar refractivity (Wildman–Crippen MR) is 60.9 cm³/mol. The number of hydrogen-bond acceptors (Lipinski definition) is 1. The van der Waals surface area contributed by atoms with E-state index in [1.54, 1.807) is 0 Å². The second-order valence-corrected chi connectivity index (χ2v) is 5.29. The van der Waals surface area contributed by atoms with Crippen molar-refractivity contribution in [2.45, 2.75) is 59.1 Å². The molecule has 0 aromatic rings. The summed E-state index contributed by atoms with van der Waals surface area (Å²) in [5, 5.41) is 0.578. The lowest BCUT2D eigenvalue weighted by atomic mass is 9.75. The summed E-state index contributed by atoms with van der Waals surface area (Å²) in [6.07, 6.45) is 3.70. The zero-order chi connectivity index (χ0) is 9.78. The largest absolute Gasteiger partial charge is 0.176 e. The minimum atomic E-state index is 0.456. The first-order chi connectivity index (χ1) is 5.44. The Morgan fingerprint density at radius 1 is 1.17 bits per heavy atom. The maximum atomic E-state index is 4.56. The molecule has 0 radical (unpaired) electrons. The van der Waals surface area contributed by atoms with E-state index < -0.39 is 0 Å². The van der Waals surface area contributed by atoms with E-state index in [1.807, 2.05) is 0 Å². The van der Waals surface area contributed by atoms with Gasteiger partial charge >= 0.3 is 0 Å². The van der Waals surface area contributed by atoms with Gasteiger partial charge in [0.05, 0.1) is 0 Å². The van der Waals surface area contributed by atoms with Gasteiger partial charge in [0.1, 0.15) is 0 Å². The van der Waals surface area contributed by atoms with Gasteiger partial charge in [-0.05, 0) is 24.2 Å². The standard InChI is InChI=1S/C11H24S/c1-6-9(3)11(4,5)8-10(12)7-2/h9-10,12H,6-8H2,1-5H3. The Labute approximate surface area is 83.5 Å². The number of thiol groups is 1. The molecule has 0 spiro atoms. The Morgan fingerprint density at radius 3 is 2.00 bits per heavy atom. The molecule has 0 aromatic carbocycles. The van der Waals surface area contributed by atoms with Crippen LogP contribution < -0.4 is 0 Å². The lowest BCUT2D eigenvalue weighted by Crippen LogP contribution is -2.24. The van der Waals surface area contributed by atoms with E-state index in [4.69, 9.17) is 0 Å². The van der Waals surface area contributed by atoms with E-state index in [1.165, 1.54) is 19.3 Å². The second kappa shape index (κ2) is 5.16. The van der Waals surface area contributed by atoms with Crippen molar-refractivity contribution >= 4 is 12.6 Å². The monoisotopic (exact) mass is 188 g/mol. The van der Waals surface area contributed by atoms with Gasteiger partial charge in [0, 0.05) is 5.25 Å². The highest BCUT2D eigenvalue weighted by Gasteiger charge is 2.26. The normalized spacial score (nSPS) is 17.5. The molecule has 0 bridgehead atoms. The summed E-state index contributed by atoms with van der Waals surface area (Å²) < 4.78 is 0. The summed E-state index contributed by atoms with van der Waals surface area (Å²) >= 11 is 4.56. The molecule has 0 aliphatic carbocycles. The van der Waals surface area contributed by atoms with Crippen LogP contribution in [0, 0.1) is 11.3 Å². The lowest BCUT2D eigenvalue weighted by Gasteiger charge is -2.33. The zero-order valence-corrected chi connectivity index (χ0v) is 10.1. The summed E-state index contributed by atoms with van der Waals surface area (Å²) in [6.45, 7) is 11.5. The van der Waals surface area contributed by atoms with Gasteiger partial charge in [0.2, 0.25) is 0 Å². The van der Waals surface area contributed by atoms with Crippen molar-refractivity contribution in [3.63, 3.8) is 0 Å². The van der Waals surface area contributed by atoms with Gasteiger partial charge < -0.3 is 0 Å². The van der Waals surface area contributed by atoms with Crippen LogP contribution >= 0.6 is 12.6 Å². The van der Waals surface area contributed by atoms with Crippen LogP contribution in [0.5, 0.6) is 0 Å². The van der Waals surface area contributed by atoms with Gasteiger partial charge in [-0.2, -0.15) is 12.6 Å². The smallest absolute Gasteiger partial charge is 0.00193 e. The van der Waals surface area contributed by atoms with Gasteiger partial charge in [-0.15, -0.1) is 0 Å². The zero-order valence-electron chi connectivity index (χ0n) is 9.22. The fourth-order valence-corrected chi connectivity index (χ4v) is 1.98. The minimum Gasteiger partial charge on any atom is -0.176 e. The second-order valence-electron chi connectivity index (χ2n) is 4.56. The van der Waals surface area contributed by atoms with Crippen molar-refractivity contribution < 1.29 is 0 Å². The first-order valence-electron chi connectivity index (χ1n) is 5.12. The van der Waals surface area contributed by atoms with Crippen LogP contribution in [0.1, 0.15) is 53.9 Å².